The average Bonchev–Trinajstić information content (AvgIpc) is 2.79. The normalized spacial score (nSPS) is 13.1. The molecule has 18 heavy (non-hydrogen) atoms. The predicted molar refractivity (Wildman–Crippen MR) is 64.3 cm³/mol. The highest BCUT2D eigenvalue weighted by molar-refractivity contribution is 5.62. The molecule has 5 heteroatoms. The summed E-state index contributed by atoms with van der Waals surface area (Å²) in [6, 6.07) is 7.76. The summed E-state index contributed by atoms with van der Waals surface area (Å²) in [5.74, 6) is 2.21. The van der Waals surface area contributed by atoms with E-state index in [1.807, 2.05) is 25.2 Å². The molecule has 0 atom stereocenters. The number of fused-ring (bicyclic) bond motifs is 1. The number of aromatic nitrogens is 2. The monoisotopic (exact) mass is 241 g/mol. The summed E-state index contributed by atoms with van der Waals surface area (Å²) in [4.78, 5) is 4.25. The summed E-state index contributed by atoms with van der Waals surface area (Å²) in [5, 5.41) is 8.92. The molecule has 90 valence electrons. The number of benzene rings is 1. The maximum atomic E-state index is 8.92. The lowest BCUT2D eigenvalue weighted by Crippen LogP contribution is -2.15. The quantitative estimate of drug-likeness (QED) is 0.762. The standard InChI is InChI=1S/C13H11N3O2/c1-16-10(7-14)8-15-13(16)9-2-3-11-12(6-9)18-5-4-17-11/h2-3,6,8H,4-5H2,1H3. The summed E-state index contributed by atoms with van der Waals surface area (Å²) in [6.45, 7) is 1.13. The highest BCUT2D eigenvalue weighted by Gasteiger charge is 2.15. The van der Waals surface area contributed by atoms with E-state index >= 15 is 0 Å². The first-order chi connectivity index (χ1) is 8.79. The first-order valence-corrected chi connectivity index (χ1v) is 5.61. The third kappa shape index (κ3) is 1.59. The van der Waals surface area contributed by atoms with Crippen LogP contribution in [0.2, 0.25) is 0 Å². The molecule has 1 aliphatic heterocycles. The fraction of sp³-hybridized carbons (Fsp3) is 0.231. The van der Waals surface area contributed by atoms with Crippen molar-refractivity contribution in [2.75, 3.05) is 13.2 Å². The second kappa shape index (κ2) is 4.08. The van der Waals surface area contributed by atoms with Crippen LogP contribution in [-0.2, 0) is 7.05 Å². The van der Waals surface area contributed by atoms with Crippen LogP contribution in [0.3, 0.4) is 0 Å². The molecule has 0 saturated heterocycles. The number of rotatable bonds is 1. The lowest BCUT2D eigenvalue weighted by molar-refractivity contribution is 0.171. The van der Waals surface area contributed by atoms with Gasteiger partial charge in [-0.2, -0.15) is 5.26 Å². The number of hydrogen-bond acceptors (Lipinski definition) is 4. The smallest absolute Gasteiger partial charge is 0.162 e. The van der Waals surface area contributed by atoms with Crippen molar-refractivity contribution in [1.82, 2.24) is 9.55 Å². The molecule has 0 spiro atoms. The first kappa shape index (κ1) is 10.7. The minimum absolute atomic E-state index is 0.528. The van der Waals surface area contributed by atoms with Crippen LogP contribution in [0.1, 0.15) is 5.69 Å². The van der Waals surface area contributed by atoms with Crippen molar-refractivity contribution < 1.29 is 9.47 Å². The lowest BCUT2D eigenvalue weighted by Gasteiger charge is -2.18. The number of hydrogen-bond donors (Lipinski definition) is 0. The molecule has 2 aromatic rings. The Morgan fingerprint density at radius 3 is 2.78 bits per heavy atom. The molecule has 1 aliphatic rings. The van der Waals surface area contributed by atoms with Crippen LogP contribution in [0.4, 0.5) is 0 Å². The van der Waals surface area contributed by atoms with Crippen LogP contribution in [0.5, 0.6) is 11.5 Å². The predicted octanol–water partition coefficient (Wildman–Crippen LogP) is 1.73. The van der Waals surface area contributed by atoms with E-state index in [4.69, 9.17) is 14.7 Å². The third-order valence-electron chi connectivity index (χ3n) is 2.90. The third-order valence-corrected chi connectivity index (χ3v) is 2.90. The summed E-state index contributed by atoms with van der Waals surface area (Å²) in [5.41, 5.74) is 1.43. The molecule has 3 rings (SSSR count). The zero-order valence-electron chi connectivity index (χ0n) is 9.88. The van der Waals surface area contributed by atoms with Gasteiger partial charge in [-0.25, -0.2) is 4.98 Å². The van der Waals surface area contributed by atoms with Gasteiger partial charge in [0.05, 0.1) is 6.20 Å². The molecule has 0 bridgehead atoms. The van der Waals surface area contributed by atoms with E-state index in [-0.39, 0.29) is 0 Å². The topological polar surface area (TPSA) is 60.1 Å². The van der Waals surface area contributed by atoms with Crippen LogP contribution in [0.25, 0.3) is 11.4 Å². The highest BCUT2D eigenvalue weighted by atomic mass is 16.6. The summed E-state index contributed by atoms with van der Waals surface area (Å²) in [6.07, 6.45) is 1.56. The Balaban J connectivity index is 2.07. The molecule has 2 heterocycles. The summed E-state index contributed by atoms with van der Waals surface area (Å²) in [7, 11) is 1.82. The minimum atomic E-state index is 0.528. The van der Waals surface area contributed by atoms with Crippen molar-refractivity contribution in [2.24, 2.45) is 7.05 Å². The molecule has 0 aliphatic carbocycles. The van der Waals surface area contributed by atoms with E-state index in [9.17, 15) is 0 Å². The van der Waals surface area contributed by atoms with Crippen LogP contribution in [0, 0.1) is 11.3 Å². The van der Waals surface area contributed by atoms with Crippen molar-refractivity contribution in [3.05, 3.63) is 30.1 Å². The van der Waals surface area contributed by atoms with Gasteiger partial charge >= 0.3 is 0 Å². The fourth-order valence-corrected chi connectivity index (χ4v) is 1.96. The van der Waals surface area contributed by atoms with Crippen LogP contribution >= 0.6 is 0 Å². The van der Waals surface area contributed by atoms with E-state index < -0.39 is 0 Å². The summed E-state index contributed by atoms with van der Waals surface area (Å²) >= 11 is 0. The van der Waals surface area contributed by atoms with Crippen LogP contribution in [-0.4, -0.2) is 22.8 Å². The number of nitriles is 1. The maximum Gasteiger partial charge on any atom is 0.162 e. The SMILES string of the molecule is Cn1c(C#N)cnc1-c1ccc2c(c1)OCCO2. The second-order valence-electron chi connectivity index (χ2n) is 4.00. The average molecular weight is 241 g/mol. The molecule has 0 saturated carbocycles. The van der Waals surface area contributed by atoms with Crippen molar-refractivity contribution in [3.63, 3.8) is 0 Å². The molecule has 0 amide bonds. The van der Waals surface area contributed by atoms with Gasteiger partial charge in [-0.15, -0.1) is 0 Å². The van der Waals surface area contributed by atoms with E-state index in [1.165, 1.54) is 0 Å². The van der Waals surface area contributed by atoms with E-state index in [1.54, 1.807) is 10.8 Å². The van der Waals surface area contributed by atoms with Crippen molar-refractivity contribution in [3.8, 4) is 29.0 Å². The fourth-order valence-electron chi connectivity index (χ4n) is 1.96. The molecule has 0 N–H and O–H groups in total. The Labute approximate surface area is 104 Å². The van der Waals surface area contributed by atoms with Gasteiger partial charge in [0.25, 0.3) is 0 Å². The van der Waals surface area contributed by atoms with Gasteiger partial charge in [0, 0.05) is 12.6 Å². The Morgan fingerprint density at radius 1 is 1.28 bits per heavy atom. The van der Waals surface area contributed by atoms with Crippen molar-refractivity contribution in [2.45, 2.75) is 0 Å². The largest absolute Gasteiger partial charge is 0.486 e. The van der Waals surface area contributed by atoms with Crippen LogP contribution < -0.4 is 9.47 Å². The van der Waals surface area contributed by atoms with Gasteiger partial charge in [0.1, 0.15) is 30.8 Å². The highest BCUT2D eigenvalue weighted by Crippen LogP contribution is 2.34. The van der Waals surface area contributed by atoms with Gasteiger partial charge in [0.15, 0.2) is 11.5 Å². The maximum absolute atomic E-state index is 8.92. The molecule has 5 nitrogen and oxygen atoms in total. The van der Waals surface area contributed by atoms with E-state index in [0.29, 0.717) is 18.9 Å². The molecular weight excluding hydrogens is 230 g/mol. The van der Waals surface area contributed by atoms with Crippen molar-refractivity contribution >= 4 is 0 Å². The Hall–Kier alpha value is -2.48. The second-order valence-corrected chi connectivity index (χ2v) is 4.00. The number of nitrogens with zero attached hydrogens (tertiary/aromatic N) is 3. The van der Waals surface area contributed by atoms with Crippen molar-refractivity contribution in [1.29, 1.82) is 5.26 Å². The zero-order valence-corrected chi connectivity index (χ0v) is 9.88. The van der Waals surface area contributed by atoms with Gasteiger partial charge < -0.3 is 14.0 Å². The zero-order chi connectivity index (χ0) is 12.5. The molecule has 0 unspecified atom stereocenters. The number of ether oxygens (including phenoxy) is 2. The van der Waals surface area contributed by atoms with Gasteiger partial charge in [-0.3, -0.25) is 0 Å². The lowest BCUT2D eigenvalue weighted by atomic mass is 10.2. The van der Waals surface area contributed by atoms with E-state index in [2.05, 4.69) is 11.1 Å². The van der Waals surface area contributed by atoms with Gasteiger partial charge in [-0.1, -0.05) is 0 Å². The molecule has 1 aromatic carbocycles. The van der Waals surface area contributed by atoms with Gasteiger partial charge in [-0.05, 0) is 18.2 Å². The Kier molecular flexibility index (Phi) is 2.41. The van der Waals surface area contributed by atoms with E-state index in [0.717, 1.165) is 22.9 Å². The Bertz CT molecular complexity index is 640. The summed E-state index contributed by atoms with van der Waals surface area (Å²) < 4.78 is 12.8. The van der Waals surface area contributed by atoms with Gasteiger partial charge in [0.2, 0.25) is 0 Å². The molecule has 1 aromatic heterocycles. The first-order valence-electron chi connectivity index (χ1n) is 5.61. The number of imidazole rings is 1. The minimum Gasteiger partial charge on any atom is -0.486 e. The molecule has 0 fully saturated rings. The molecular formula is C13H11N3O2. The Morgan fingerprint density at radius 2 is 2.06 bits per heavy atom. The molecule has 0 radical (unpaired) electrons. The van der Waals surface area contributed by atoms with Crippen LogP contribution in [0.15, 0.2) is 24.4 Å².